The van der Waals surface area contributed by atoms with E-state index >= 15 is 0 Å². The van der Waals surface area contributed by atoms with Crippen molar-refractivity contribution < 1.29 is 14.0 Å². The van der Waals surface area contributed by atoms with Gasteiger partial charge in [-0.3, -0.25) is 9.59 Å². The first-order chi connectivity index (χ1) is 26.2. The number of nitrogens with zero attached hydrogens (tertiary/aromatic N) is 5. The quantitative estimate of drug-likeness (QED) is 0.135. The minimum Gasteiger partial charge on any atom is -0.402 e. The average Bonchev–Trinajstić information content (AvgIpc) is 3.18. The number of aromatic nitrogens is 3. The lowest BCUT2D eigenvalue weighted by Gasteiger charge is -2.17. The van der Waals surface area contributed by atoms with Crippen LogP contribution in [0.25, 0.3) is 44.0 Å². The summed E-state index contributed by atoms with van der Waals surface area (Å²) in [4.78, 5) is 54.6. The van der Waals surface area contributed by atoms with Gasteiger partial charge in [-0.2, -0.15) is 0 Å². The molecule has 0 fully saturated rings. The molecule has 7 rings (SSSR count). The SMILES string of the molecule is CCCCCNC(=O)c1ncccc1NC(=O)c1ccc(N(C)C)c2ccccc12.CN(C)c1ccc(-c2nc3cccnc3c(=O)o2)c2ccccc12. The van der Waals surface area contributed by atoms with Crippen LogP contribution >= 0.6 is 0 Å². The van der Waals surface area contributed by atoms with Crippen LogP contribution in [0, 0.1) is 0 Å². The molecule has 11 heteroatoms. The van der Waals surface area contributed by atoms with E-state index in [0.717, 1.165) is 57.7 Å². The number of unbranched alkanes of at least 4 members (excludes halogenated alkanes) is 2. The van der Waals surface area contributed by atoms with Crippen LogP contribution < -0.4 is 26.1 Å². The van der Waals surface area contributed by atoms with Gasteiger partial charge in [0.1, 0.15) is 5.52 Å². The van der Waals surface area contributed by atoms with E-state index in [1.54, 1.807) is 36.7 Å². The smallest absolute Gasteiger partial charge is 0.365 e. The standard InChI is InChI=1S/C24H28N4O2.C19H15N3O2/c1-4-5-8-15-26-24(30)22-20(12-9-16-25-22)27-23(29)19-13-14-21(28(2)3)18-11-7-6-10-17(18)19;1-22(2)16-10-9-14(12-6-3-4-7-13(12)16)18-21-15-8-5-11-20-17(15)19(23)24-18/h6-7,9-14,16H,4-5,8,15H2,1-3H3,(H,26,30)(H,27,29);3-11H,1-2H3. The van der Waals surface area contributed by atoms with Crippen LogP contribution in [0.1, 0.15) is 47.0 Å². The van der Waals surface area contributed by atoms with E-state index in [2.05, 4.69) is 43.5 Å². The van der Waals surface area contributed by atoms with Gasteiger partial charge in [0.2, 0.25) is 5.89 Å². The summed E-state index contributed by atoms with van der Waals surface area (Å²) >= 11 is 0. The van der Waals surface area contributed by atoms with Gasteiger partial charge in [0.05, 0.1) is 5.69 Å². The van der Waals surface area contributed by atoms with Crippen LogP contribution in [-0.4, -0.2) is 61.5 Å². The predicted molar refractivity (Wildman–Crippen MR) is 218 cm³/mol. The number of hydrogen-bond donors (Lipinski definition) is 2. The minimum absolute atomic E-state index is 0.219. The van der Waals surface area contributed by atoms with Gasteiger partial charge in [-0.15, -0.1) is 0 Å². The van der Waals surface area contributed by atoms with Gasteiger partial charge in [-0.25, -0.2) is 19.7 Å². The van der Waals surface area contributed by atoms with Crippen LogP contribution in [0.2, 0.25) is 0 Å². The number of pyridine rings is 2. The van der Waals surface area contributed by atoms with Gasteiger partial charge >= 0.3 is 5.63 Å². The van der Waals surface area contributed by atoms with Crippen molar-refractivity contribution in [3.63, 3.8) is 0 Å². The van der Waals surface area contributed by atoms with Crippen LogP contribution in [0.3, 0.4) is 0 Å². The van der Waals surface area contributed by atoms with Gasteiger partial charge in [0.25, 0.3) is 11.8 Å². The van der Waals surface area contributed by atoms with Crippen LogP contribution in [0.4, 0.5) is 17.1 Å². The van der Waals surface area contributed by atoms with Crippen molar-refractivity contribution in [2.75, 3.05) is 49.9 Å². The number of amides is 2. The molecular weight excluding hydrogens is 679 g/mol. The third kappa shape index (κ3) is 8.05. The van der Waals surface area contributed by atoms with Gasteiger partial charge in [0, 0.05) is 80.4 Å². The largest absolute Gasteiger partial charge is 0.402 e. The molecule has 274 valence electrons. The van der Waals surface area contributed by atoms with Gasteiger partial charge in [0.15, 0.2) is 11.2 Å². The summed E-state index contributed by atoms with van der Waals surface area (Å²) in [7, 11) is 7.95. The molecule has 2 amide bonds. The Balaban J connectivity index is 0.000000188. The van der Waals surface area contributed by atoms with E-state index in [0.29, 0.717) is 29.2 Å². The molecule has 0 saturated heterocycles. The fourth-order valence-electron chi connectivity index (χ4n) is 6.30. The van der Waals surface area contributed by atoms with Gasteiger partial charge in [-0.1, -0.05) is 68.3 Å². The van der Waals surface area contributed by atoms with Crippen molar-refractivity contribution >= 4 is 61.5 Å². The molecular formula is C43H43N7O4. The van der Waals surface area contributed by atoms with Crippen molar-refractivity contribution in [2.24, 2.45) is 0 Å². The van der Waals surface area contributed by atoms with Crippen molar-refractivity contribution in [1.82, 2.24) is 20.3 Å². The summed E-state index contributed by atoms with van der Waals surface area (Å²) in [5.41, 5.74) is 4.40. The molecule has 7 aromatic rings. The Morgan fingerprint density at radius 2 is 1.31 bits per heavy atom. The highest BCUT2D eigenvalue weighted by Gasteiger charge is 2.18. The molecule has 0 saturated carbocycles. The second kappa shape index (κ2) is 16.8. The zero-order chi connectivity index (χ0) is 38.2. The lowest BCUT2D eigenvalue weighted by Crippen LogP contribution is -2.27. The van der Waals surface area contributed by atoms with Crippen molar-refractivity contribution in [3.8, 4) is 11.5 Å². The Morgan fingerprint density at radius 3 is 2.02 bits per heavy atom. The summed E-state index contributed by atoms with van der Waals surface area (Å²) in [6.45, 7) is 2.70. The van der Waals surface area contributed by atoms with E-state index in [-0.39, 0.29) is 23.0 Å². The highest BCUT2D eigenvalue weighted by atomic mass is 16.4. The van der Waals surface area contributed by atoms with E-state index in [1.807, 2.05) is 99.8 Å². The molecule has 0 atom stereocenters. The number of fused-ring (bicyclic) bond motifs is 3. The molecule has 0 radical (unpaired) electrons. The number of rotatable bonds is 10. The molecule has 2 N–H and O–H groups in total. The maximum Gasteiger partial charge on any atom is 0.365 e. The Kier molecular flexibility index (Phi) is 11.6. The highest BCUT2D eigenvalue weighted by Crippen LogP contribution is 2.34. The minimum atomic E-state index is -0.476. The molecule has 0 aliphatic carbocycles. The summed E-state index contributed by atoms with van der Waals surface area (Å²) in [6.07, 6.45) is 6.17. The monoisotopic (exact) mass is 721 g/mol. The van der Waals surface area contributed by atoms with Crippen molar-refractivity contribution in [3.05, 3.63) is 131 Å². The van der Waals surface area contributed by atoms with E-state index in [9.17, 15) is 14.4 Å². The lowest BCUT2D eigenvalue weighted by atomic mass is 10.0. The number of hydrogen-bond acceptors (Lipinski definition) is 9. The normalized spacial score (nSPS) is 10.8. The van der Waals surface area contributed by atoms with Gasteiger partial charge < -0.3 is 24.9 Å². The second-order valence-electron chi connectivity index (χ2n) is 13.1. The maximum atomic E-state index is 13.1. The Bertz CT molecular complexity index is 2510. The first kappa shape index (κ1) is 37.1. The molecule has 0 unspecified atom stereocenters. The maximum absolute atomic E-state index is 13.1. The molecule has 0 aliphatic heterocycles. The van der Waals surface area contributed by atoms with E-state index in [1.165, 1.54) is 0 Å². The van der Waals surface area contributed by atoms with E-state index in [4.69, 9.17) is 4.42 Å². The predicted octanol–water partition coefficient (Wildman–Crippen LogP) is 7.94. The Labute approximate surface area is 313 Å². The van der Waals surface area contributed by atoms with Crippen LogP contribution in [0.15, 0.2) is 119 Å². The third-order valence-electron chi connectivity index (χ3n) is 8.97. The fraction of sp³-hybridized carbons (Fsp3) is 0.209. The number of anilines is 3. The summed E-state index contributed by atoms with van der Waals surface area (Å²) in [6, 6.07) is 30.4. The third-order valence-corrected chi connectivity index (χ3v) is 8.97. The second-order valence-corrected chi connectivity index (χ2v) is 13.1. The molecule has 4 aromatic carbocycles. The molecule has 3 heterocycles. The van der Waals surface area contributed by atoms with E-state index < -0.39 is 5.63 Å². The summed E-state index contributed by atoms with van der Waals surface area (Å²) in [5, 5.41) is 9.67. The summed E-state index contributed by atoms with van der Waals surface area (Å²) in [5.74, 6) is -0.249. The number of benzene rings is 4. The molecule has 0 aliphatic rings. The Hall–Kier alpha value is -6.62. The first-order valence-electron chi connectivity index (χ1n) is 17.9. The number of nitrogens with one attached hydrogen (secondary N) is 2. The summed E-state index contributed by atoms with van der Waals surface area (Å²) < 4.78 is 5.44. The van der Waals surface area contributed by atoms with Crippen LogP contribution in [0.5, 0.6) is 0 Å². The molecule has 0 bridgehead atoms. The number of carbonyl (C=O) groups is 2. The average molecular weight is 722 g/mol. The highest BCUT2D eigenvalue weighted by molar-refractivity contribution is 6.16. The topological polar surface area (TPSA) is 134 Å². The lowest BCUT2D eigenvalue weighted by molar-refractivity contribution is 0.0949. The zero-order valence-corrected chi connectivity index (χ0v) is 31.1. The fourth-order valence-corrected chi connectivity index (χ4v) is 6.30. The number of carbonyl (C=O) groups excluding carboxylic acids is 2. The van der Waals surface area contributed by atoms with Crippen molar-refractivity contribution in [1.29, 1.82) is 0 Å². The molecule has 11 nitrogen and oxygen atoms in total. The van der Waals surface area contributed by atoms with Gasteiger partial charge in [-0.05, 0) is 65.7 Å². The molecule has 54 heavy (non-hydrogen) atoms. The van der Waals surface area contributed by atoms with Crippen molar-refractivity contribution in [2.45, 2.75) is 26.2 Å². The molecule has 0 spiro atoms. The molecule has 3 aromatic heterocycles. The Morgan fingerprint density at radius 1 is 0.685 bits per heavy atom. The zero-order valence-electron chi connectivity index (χ0n) is 31.1. The van der Waals surface area contributed by atoms with Crippen LogP contribution in [-0.2, 0) is 0 Å². The first-order valence-corrected chi connectivity index (χ1v) is 17.9.